The molecule has 1 N–H and O–H groups in total. The first kappa shape index (κ1) is 17.9. The first-order valence-corrected chi connectivity index (χ1v) is 9.44. The zero-order chi connectivity index (χ0) is 17.6. The van der Waals surface area contributed by atoms with Crippen molar-refractivity contribution in [3.63, 3.8) is 0 Å². The van der Waals surface area contributed by atoms with Crippen LogP contribution in [0.25, 0.3) is 0 Å². The second kappa shape index (κ2) is 8.47. The highest BCUT2D eigenvalue weighted by Crippen LogP contribution is 2.15. The van der Waals surface area contributed by atoms with E-state index >= 15 is 0 Å². The highest BCUT2D eigenvalue weighted by atomic mass is 35.5. The minimum Gasteiger partial charge on any atom is -0.351 e. The summed E-state index contributed by atoms with van der Waals surface area (Å²) in [5.74, 6) is 0.0516. The molecule has 0 aliphatic carbocycles. The van der Waals surface area contributed by atoms with Gasteiger partial charge in [0.05, 0.1) is 11.4 Å². The van der Waals surface area contributed by atoms with Crippen LogP contribution in [0.15, 0.2) is 41.8 Å². The SMILES string of the molecule is O=C(CN1CCN(C(=O)c2cccs2)CC1)NCc1ccccc1Cl. The quantitative estimate of drug-likeness (QED) is 0.870. The summed E-state index contributed by atoms with van der Waals surface area (Å²) in [4.78, 5) is 29.1. The van der Waals surface area contributed by atoms with Gasteiger partial charge in [0.1, 0.15) is 0 Å². The minimum atomic E-state index is -0.0297. The van der Waals surface area contributed by atoms with Crippen LogP contribution in [0.2, 0.25) is 5.02 Å². The van der Waals surface area contributed by atoms with Crippen molar-refractivity contribution in [2.75, 3.05) is 32.7 Å². The molecule has 0 radical (unpaired) electrons. The lowest BCUT2D eigenvalue weighted by atomic mass is 10.2. The van der Waals surface area contributed by atoms with Gasteiger partial charge in [0, 0.05) is 37.7 Å². The molecule has 2 aromatic rings. The molecule has 0 spiro atoms. The minimum absolute atomic E-state index is 0.0297. The molecular formula is C18H20ClN3O2S. The largest absolute Gasteiger partial charge is 0.351 e. The number of carbonyl (C=O) groups is 2. The number of amides is 2. The van der Waals surface area contributed by atoms with E-state index in [-0.39, 0.29) is 11.8 Å². The third-order valence-corrected chi connectivity index (χ3v) is 5.42. The maximum absolute atomic E-state index is 12.3. The van der Waals surface area contributed by atoms with Gasteiger partial charge in [0.15, 0.2) is 0 Å². The number of piperazine rings is 1. The Bertz CT molecular complexity index is 728. The Morgan fingerprint density at radius 2 is 1.84 bits per heavy atom. The Hall–Kier alpha value is -1.89. The third kappa shape index (κ3) is 4.81. The summed E-state index contributed by atoms with van der Waals surface area (Å²) in [6, 6.07) is 11.2. The number of hydrogen-bond acceptors (Lipinski definition) is 4. The lowest BCUT2D eigenvalue weighted by molar-refractivity contribution is -0.122. The van der Waals surface area contributed by atoms with Crippen molar-refractivity contribution in [1.29, 1.82) is 0 Å². The predicted octanol–water partition coefficient (Wildman–Crippen LogP) is 2.48. The summed E-state index contributed by atoms with van der Waals surface area (Å²) < 4.78 is 0. The monoisotopic (exact) mass is 377 g/mol. The smallest absolute Gasteiger partial charge is 0.264 e. The lowest BCUT2D eigenvalue weighted by Gasteiger charge is -2.34. The van der Waals surface area contributed by atoms with E-state index in [0.29, 0.717) is 44.3 Å². The maximum atomic E-state index is 12.3. The number of halogens is 1. The van der Waals surface area contributed by atoms with Crippen LogP contribution >= 0.6 is 22.9 Å². The van der Waals surface area contributed by atoms with Gasteiger partial charge in [0.25, 0.3) is 5.91 Å². The predicted molar refractivity (Wildman–Crippen MR) is 100.0 cm³/mol. The van der Waals surface area contributed by atoms with E-state index in [9.17, 15) is 9.59 Å². The molecule has 132 valence electrons. The standard InChI is InChI=1S/C18H20ClN3O2S/c19-15-5-2-1-4-14(15)12-20-17(23)13-21-7-9-22(10-8-21)18(24)16-6-3-11-25-16/h1-6,11H,7-10,12-13H2,(H,20,23). The van der Waals surface area contributed by atoms with Crippen LogP contribution in [-0.2, 0) is 11.3 Å². The summed E-state index contributed by atoms with van der Waals surface area (Å²) in [5.41, 5.74) is 0.906. The highest BCUT2D eigenvalue weighted by molar-refractivity contribution is 7.12. The first-order valence-electron chi connectivity index (χ1n) is 8.19. The summed E-state index contributed by atoms with van der Waals surface area (Å²) in [7, 11) is 0. The first-order chi connectivity index (χ1) is 12.1. The van der Waals surface area contributed by atoms with Gasteiger partial charge in [-0.25, -0.2) is 0 Å². The van der Waals surface area contributed by atoms with E-state index in [1.807, 2.05) is 46.7 Å². The van der Waals surface area contributed by atoms with E-state index < -0.39 is 0 Å². The molecule has 1 aromatic carbocycles. The van der Waals surface area contributed by atoms with Crippen LogP contribution in [0.3, 0.4) is 0 Å². The van der Waals surface area contributed by atoms with Crippen molar-refractivity contribution in [3.05, 3.63) is 57.2 Å². The lowest BCUT2D eigenvalue weighted by Crippen LogP contribution is -2.51. The van der Waals surface area contributed by atoms with Crippen molar-refractivity contribution in [2.24, 2.45) is 0 Å². The van der Waals surface area contributed by atoms with Gasteiger partial charge in [0.2, 0.25) is 5.91 Å². The fraction of sp³-hybridized carbons (Fsp3) is 0.333. The molecular weight excluding hydrogens is 358 g/mol. The van der Waals surface area contributed by atoms with Crippen molar-refractivity contribution < 1.29 is 9.59 Å². The second-order valence-corrected chi connectivity index (χ2v) is 7.27. The molecule has 1 aliphatic heterocycles. The molecule has 3 rings (SSSR count). The Labute approximate surface area is 156 Å². The summed E-state index contributed by atoms with van der Waals surface area (Å²) in [6.45, 7) is 3.47. The molecule has 1 aliphatic rings. The maximum Gasteiger partial charge on any atom is 0.264 e. The van der Waals surface area contributed by atoms with Gasteiger partial charge in [-0.15, -0.1) is 11.3 Å². The van der Waals surface area contributed by atoms with E-state index in [2.05, 4.69) is 10.2 Å². The Morgan fingerprint density at radius 3 is 2.52 bits per heavy atom. The van der Waals surface area contributed by atoms with Crippen LogP contribution < -0.4 is 5.32 Å². The van der Waals surface area contributed by atoms with Crippen LogP contribution in [0.5, 0.6) is 0 Å². The highest BCUT2D eigenvalue weighted by Gasteiger charge is 2.23. The summed E-state index contributed by atoms with van der Waals surface area (Å²) in [6.07, 6.45) is 0. The van der Waals surface area contributed by atoms with Crippen molar-refractivity contribution in [3.8, 4) is 0 Å². The average Bonchev–Trinajstić information content (AvgIpc) is 3.16. The number of carbonyl (C=O) groups excluding carboxylic acids is 2. The zero-order valence-electron chi connectivity index (χ0n) is 13.8. The molecule has 1 aromatic heterocycles. The van der Waals surface area contributed by atoms with Gasteiger partial charge in [-0.2, -0.15) is 0 Å². The summed E-state index contributed by atoms with van der Waals surface area (Å²) >= 11 is 7.55. The second-order valence-electron chi connectivity index (χ2n) is 5.91. The molecule has 0 unspecified atom stereocenters. The van der Waals surface area contributed by atoms with Gasteiger partial charge in [-0.1, -0.05) is 35.9 Å². The van der Waals surface area contributed by atoms with E-state index in [4.69, 9.17) is 11.6 Å². The molecule has 1 fully saturated rings. The zero-order valence-corrected chi connectivity index (χ0v) is 15.4. The normalized spacial score (nSPS) is 15.2. The number of hydrogen-bond donors (Lipinski definition) is 1. The van der Waals surface area contributed by atoms with Crippen LogP contribution in [-0.4, -0.2) is 54.3 Å². The third-order valence-electron chi connectivity index (χ3n) is 4.19. The summed E-state index contributed by atoms with van der Waals surface area (Å²) in [5, 5.41) is 5.47. The molecule has 2 heterocycles. The Morgan fingerprint density at radius 1 is 1.08 bits per heavy atom. The molecule has 0 bridgehead atoms. The van der Waals surface area contributed by atoms with Gasteiger partial charge >= 0.3 is 0 Å². The van der Waals surface area contributed by atoms with Crippen molar-refractivity contribution in [2.45, 2.75) is 6.54 Å². The van der Waals surface area contributed by atoms with E-state index in [0.717, 1.165) is 10.4 Å². The van der Waals surface area contributed by atoms with Crippen LogP contribution in [0, 0.1) is 0 Å². The van der Waals surface area contributed by atoms with E-state index in [1.54, 1.807) is 0 Å². The molecule has 7 heteroatoms. The van der Waals surface area contributed by atoms with Gasteiger partial charge in [-0.3, -0.25) is 14.5 Å². The van der Waals surface area contributed by atoms with Gasteiger partial charge < -0.3 is 10.2 Å². The van der Waals surface area contributed by atoms with Gasteiger partial charge in [-0.05, 0) is 23.1 Å². The van der Waals surface area contributed by atoms with Crippen molar-refractivity contribution in [1.82, 2.24) is 15.1 Å². The fourth-order valence-corrected chi connectivity index (χ4v) is 3.65. The van der Waals surface area contributed by atoms with Crippen LogP contribution in [0.1, 0.15) is 15.2 Å². The number of nitrogens with one attached hydrogen (secondary N) is 1. The molecule has 0 atom stereocenters. The molecule has 5 nitrogen and oxygen atoms in total. The van der Waals surface area contributed by atoms with Crippen molar-refractivity contribution >= 4 is 34.8 Å². The topological polar surface area (TPSA) is 52.7 Å². The van der Waals surface area contributed by atoms with E-state index in [1.165, 1.54) is 11.3 Å². The number of nitrogens with zero attached hydrogens (tertiary/aromatic N) is 2. The Kier molecular flexibility index (Phi) is 6.07. The molecule has 1 saturated heterocycles. The molecule has 0 saturated carbocycles. The average molecular weight is 378 g/mol. The fourth-order valence-electron chi connectivity index (χ4n) is 2.76. The Balaban J connectivity index is 1.42. The number of thiophene rings is 1. The number of rotatable bonds is 5. The van der Waals surface area contributed by atoms with Crippen LogP contribution in [0.4, 0.5) is 0 Å². The molecule has 25 heavy (non-hydrogen) atoms. The molecule has 2 amide bonds. The number of benzene rings is 1.